The lowest BCUT2D eigenvalue weighted by Crippen LogP contribution is -2.43. The number of nitrogens with zero attached hydrogens (tertiary/aromatic N) is 2. The molecule has 236 valence electrons. The SMILES string of the molecule is [B]C1=C(O)C/C(c2ccccc2)=c2/c(O)c([B])c([B])c/c2=C(\c2ccc(-c3ccc4ccc5cccnc5c4n3)c3ccccc23)C(C)C([B])=C1[B]. The van der Waals surface area contributed by atoms with E-state index < -0.39 is 5.92 Å². The van der Waals surface area contributed by atoms with Gasteiger partial charge in [-0.1, -0.05) is 120 Å². The molecule has 0 fully saturated rings. The Morgan fingerprint density at radius 2 is 1.33 bits per heavy atom. The molecule has 1 unspecified atom stereocenters. The lowest BCUT2D eigenvalue weighted by atomic mass is 9.63. The van der Waals surface area contributed by atoms with Crippen LogP contribution in [0.5, 0.6) is 5.75 Å². The van der Waals surface area contributed by atoms with Crippen LogP contribution in [0.2, 0.25) is 0 Å². The zero-order valence-corrected chi connectivity index (χ0v) is 28.4. The summed E-state index contributed by atoms with van der Waals surface area (Å²) in [5.74, 6) is -0.965. The number of benzene rings is 5. The van der Waals surface area contributed by atoms with Crippen molar-refractivity contribution in [1.29, 1.82) is 0 Å². The standard InChI is InChI=1S/C43H27B5N2O2/c1-22-35(31-20-32(44)38(46)43(52)36(31)30(23-8-3-2-4-9-23)21-34(51)39(47)40(48)37(22)45)29-17-16-28(26-11-5-6-12-27(26)29)33-18-15-25-14-13-24-10-7-19-49-41(24)42(25)50-33/h2-20,22,51-52H,21H2,1H3/b35-31+,36-30-,39-34?,40-37?. The predicted octanol–water partition coefficient (Wildman–Crippen LogP) is 4.82. The zero-order valence-electron chi connectivity index (χ0n) is 28.4. The molecular weight excluding hydrogens is 631 g/mol. The number of rotatable bonds is 3. The van der Waals surface area contributed by atoms with Crippen LogP contribution in [0, 0.1) is 5.92 Å². The summed E-state index contributed by atoms with van der Waals surface area (Å²) in [4.78, 5) is 9.81. The second-order valence-electron chi connectivity index (χ2n) is 13.2. The van der Waals surface area contributed by atoms with Gasteiger partial charge in [0, 0.05) is 34.2 Å². The topological polar surface area (TPSA) is 66.2 Å². The molecule has 0 aliphatic heterocycles. The van der Waals surface area contributed by atoms with Crippen LogP contribution in [-0.2, 0) is 0 Å². The van der Waals surface area contributed by atoms with Crippen molar-refractivity contribution in [3.63, 3.8) is 0 Å². The summed E-state index contributed by atoms with van der Waals surface area (Å²) in [5.41, 5.74) is 6.81. The first-order valence-electron chi connectivity index (χ1n) is 16.9. The van der Waals surface area contributed by atoms with E-state index in [9.17, 15) is 10.2 Å². The Hall–Kier alpha value is -5.68. The quantitative estimate of drug-likeness (QED) is 0.211. The van der Waals surface area contributed by atoms with Crippen LogP contribution < -0.4 is 21.4 Å². The first-order valence-corrected chi connectivity index (χ1v) is 16.9. The number of aliphatic hydroxyl groups excluding tert-OH is 1. The summed E-state index contributed by atoms with van der Waals surface area (Å²) >= 11 is 0. The van der Waals surface area contributed by atoms with Gasteiger partial charge >= 0.3 is 0 Å². The molecule has 1 atom stereocenters. The number of hydrogen-bond acceptors (Lipinski definition) is 4. The highest BCUT2D eigenvalue weighted by Crippen LogP contribution is 2.38. The van der Waals surface area contributed by atoms with E-state index in [0.717, 1.165) is 60.5 Å². The number of aliphatic hydroxyl groups is 1. The lowest BCUT2D eigenvalue weighted by molar-refractivity contribution is 0.401. The van der Waals surface area contributed by atoms with Crippen molar-refractivity contribution in [2.75, 3.05) is 0 Å². The number of allylic oxidation sites excluding steroid dienone is 4. The first-order chi connectivity index (χ1) is 25.1. The number of phenolic OH excluding ortho intramolecular Hbond substituents is 1. The van der Waals surface area contributed by atoms with Crippen molar-refractivity contribution in [3.8, 4) is 17.0 Å². The summed E-state index contributed by atoms with van der Waals surface area (Å²) in [6, 6.07) is 35.6. The molecule has 0 bridgehead atoms. The highest BCUT2D eigenvalue weighted by Gasteiger charge is 2.24. The molecule has 0 saturated carbocycles. The molecule has 52 heavy (non-hydrogen) atoms. The fraction of sp³-hybridized carbons (Fsp3) is 0.0698. The molecule has 7 aromatic rings. The van der Waals surface area contributed by atoms with Crippen LogP contribution in [0.3, 0.4) is 0 Å². The van der Waals surface area contributed by atoms with E-state index in [4.69, 9.17) is 44.2 Å². The molecule has 10 radical (unpaired) electrons. The Morgan fingerprint density at radius 1 is 0.673 bits per heavy atom. The minimum atomic E-state index is -0.576. The van der Waals surface area contributed by atoms with Gasteiger partial charge in [-0.2, -0.15) is 0 Å². The van der Waals surface area contributed by atoms with Crippen LogP contribution >= 0.6 is 0 Å². The molecule has 8 rings (SSSR count). The van der Waals surface area contributed by atoms with Gasteiger partial charge in [-0.15, -0.1) is 10.9 Å². The molecule has 4 nitrogen and oxygen atoms in total. The summed E-state index contributed by atoms with van der Waals surface area (Å²) in [6.07, 6.45) is 1.72. The number of pyridine rings is 2. The third-order valence-electron chi connectivity index (χ3n) is 10.2. The maximum Gasteiger partial charge on any atom is 0.118 e. The fourth-order valence-corrected chi connectivity index (χ4v) is 7.40. The number of phenols is 1. The monoisotopic (exact) mass is 658 g/mol. The molecule has 5 aromatic carbocycles. The molecule has 2 N–H and O–H groups in total. The van der Waals surface area contributed by atoms with E-state index in [1.165, 1.54) is 0 Å². The van der Waals surface area contributed by atoms with Gasteiger partial charge in [0.2, 0.25) is 0 Å². The second kappa shape index (κ2) is 13.1. The minimum Gasteiger partial charge on any atom is -0.513 e. The first kappa shape index (κ1) is 33.5. The Kier molecular flexibility index (Phi) is 8.46. The largest absolute Gasteiger partial charge is 0.513 e. The normalized spacial score (nSPS) is 17.5. The third-order valence-corrected chi connectivity index (χ3v) is 10.2. The Labute approximate surface area is 308 Å². The molecule has 0 amide bonds. The highest BCUT2D eigenvalue weighted by molar-refractivity contribution is 6.49. The highest BCUT2D eigenvalue weighted by atomic mass is 16.3. The Morgan fingerprint density at radius 3 is 2.08 bits per heavy atom. The van der Waals surface area contributed by atoms with E-state index in [0.29, 0.717) is 16.0 Å². The van der Waals surface area contributed by atoms with Gasteiger partial charge in [0.05, 0.1) is 22.5 Å². The van der Waals surface area contributed by atoms with Gasteiger partial charge < -0.3 is 10.2 Å². The molecule has 0 spiro atoms. The average Bonchev–Trinajstić information content (AvgIpc) is 3.18. The van der Waals surface area contributed by atoms with E-state index in [-0.39, 0.29) is 45.3 Å². The number of aromatic nitrogens is 2. The maximum atomic E-state index is 11.9. The van der Waals surface area contributed by atoms with Gasteiger partial charge in [0.15, 0.2) is 0 Å². The number of hydrogen-bond donors (Lipinski definition) is 2. The van der Waals surface area contributed by atoms with Crippen LogP contribution in [-0.4, -0.2) is 59.4 Å². The second-order valence-corrected chi connectivity index (χ2v) is 13.2. The Balaban J connectivity index is 1.51. The fourth-order valence-electron chi connectivity index (χ4n) is 7.40. The molecule has 2 aromatic heterocycles. The summed E-state index contributed by atoms with van der Waals surface area (Å²) in [7, 11) is 32.8. The molecule has 1 aliphatic rings. The minimum absolute atomic E-state index is 0.0281. The summed E-state index contributed by atoms with van der Waals surface area (Å²) in [6.45, 7) is 1.92. The van der Waals surface area contributed by atoms with E-state index in [2.05, 4.69) is 35.3 Å². The Bertz CT molecular complexity index is 2810. The molecule has 1 aliphatic carbocycles. The van der Waals surface area contributed by atoms with E-state index in [1.807, 2.05) is 79.7 Å². The van der Waals surface area contributed by atoms with Crippen molar-refractivity contribution in [1.82, 2.24) is 9.97 Å². The summed E-state index contributed by atoms with van der Waals surface area (Å²) in [5, 5.41) is 28.1. The van der Waals surface area contributed by atoms with Gasteiger partial charge in [-0.05, 0) is 56.3 Å². The van der Waals surface area contributed by atoms with Crippen molar-refractivity contribution in [2.24, 2.45) is 5.92 Å². The van der Waals surface area contributed by atoms with Crippen molar-refractivity contribution in [3.05, 3.63) is 159 Å². The van der Waals surface area contributed by atoms with E-state index >= 15 is 0 Å². The van der Waals surface area contributed by atoms with Crippen LogP contribution in [0.15, 0.2) is 138 Å². The van der Waals surface area contributed by atoms with Crippen molar-refractivity contribution in [2.45, 2.75) is 13.3 Å². The van der Waals surface area contributed by atoms with Gasteiger partial charge in [0.1, 0.15) is 45.0 Å². The molecule has 0 saturated heterocycles. The van der Waals surface area contributed by atoms with Crippen LogP contribution in [0.25, 0.3) is 55.0 Å². The van der Waals surface area contributed by atoms with Crippen LogP contribution in [0.1, 0.15) is 24.5 Å². The van der Waals surface area contributed by atoms with Crippen molar-refractivity contribution < 1.29 is 10.2 Å². The third kappa shape index (κ3) is 5.47. The van der Waals surface area contributed by atoms with Gasteiger partial charge in [0.25, 0.3) is 0 Å². The lowest BCUT2D eigenvalue weighted by Gasteiger charge is -2.26. The predicted molar refractivity (Wildman–Crippen MR) is 217 cm³/mol. The maximum absolute atomic E-state index is 11.9. The van der Waals surface area contributed by atoms with Crippen LogP contribution in [0.4, 0.5) is 0 Å². The van der Waals surface area contributed by atoms with Crippen molar-refractivity contribution >= 4 is 93.9 Å². The van der Waals surface area contributed by atoms with Gasteiger partial charge in [-0.3, -0.25) is 4.98 Å². The average molecular weight is 658 g/mol. The zero-order chi connectivity index (χ0) is 36.3. The molecule has 2 heterocycles. The van der Waals surface area contributed by atoms with Gasteiger partial charge in [-0.25, -0.2) is 4.98 Å². The summed E-state index contributed by atoms with van der Waals surface area (Å²) < 4.78 is 0. The van der Waals surface area contributed by atoms with E-state index in [1.54, 1.807) is 12.3 Å². The number of aromatic hydroxyl groups is 1. The number of fused-ring (bicyclic) bond motifs is 5. The molecule has 9 heteroatoms. The smallest absolute Gasteiger partial charge is 0.118 e. The molecular formula is C43H27B5N2O2.